The van der Waals surface area contributed by atoms with E-state index in [1.54, 1.807) is 17.7 Å². The Balaban J connectivity index is 1.71. The summed E-state index contributed by atoms with van der Waals surface area (Å²) in [5.41, 5.74) is 9.77. The van der Waals surface area contributed by atoms with Gasteiger partial charge in [0.25, 0.3) is 5.88 Å². The second-order valence-electron chi connectivity index (χ2n) is 7.37. The summed E-state index contributed by atoms with van der Waals surface area (Å²) in [6, 6.07) is 6.47. The summed E-state index contributed by atoms with van der Waals surface area (Å²) < 4.78 is 27.8. The molecule has 3 heterocycles. The number of benzene rings is 1. The first kappa shape index (κ1) is 21.9. The molecule has 8 nitrogen and oxygen atoms in total. The van der Waals surface area contributed by atoms with Crippen LogP contribution in [-0.4, -0.2) is 24.9 Å². The molecule has 166 valence electrons. The lowest BCUT2D eigenvalue weighted by molar-refractivity contribution is 0.218. The Hall–Kier alpha value is -3.27. The summed E-state index contributed by atoms with van der Waals surface area (Å²) in [6.45, 7) is 3.82. The molecule has 0 fully saturated rings. The van der Waals surface area contributed by atoms with Crippen LogP contribution in [0.3, 0.4) is 0 Å². The predicted molar refractivity (Wildman–Crippen MR) is 120 cm³/mol. The summed E-state index contributed by atoms with van der Waals surface area (Å²) >= 11 is 3.26. The number of rotatable bonds is 7. The van der Waals surface area contributed by atoms with Gasteiger partial charge >= 0.3 is 0 Å². The first-order valence-electron chi connectivity index (χ1n) is 10.1. The van der Waals surface area contributed by atoms with Crippen LogP contribution < -0.4 is 10.5 Å². The summed E-state index contributed by atoms with van der Waals surface area (Å²) in [7, 11) is 1.84. The largest absolute Gasteiger partial charge is 0.467 e. The first-order chi connectivity index (χ1) is 15.3. The number of aromatic nitrogens is 5. The van der Waals surface area contributed by atoms with E-state index in [1.165, 1.54) is 18.3 Å². The fourth-order valence-electron chi connectivity index (χ4n) is 3.45. The van der Waals surface area contributed by atoms with E-state index in [-0.39, 0.29) is 17.5 Å². The minimum Gasteiger partial charge on any atom is -0.467 e. The van der Waals surface area contributed by atoms with Gasteiger partial charge in [-0.3, -0.25) is 4.68 Å². The lowest BCUT2D eigenvalue weighted by Gasteiger charge is -2.18. The molecular weight excluding hydrogens is 479 g/mol. The molecule has 4 rings (SSSR count). The van der Waals surface area contributed by atoms with Crippen molar-refractivity contribution in [2.24, 2.45) is 7.05 Å². The van der Waals surface area contributed by atoms with Crippen molar-refractivity contribution in [1.29, 1.82) is 0 Å². The molecular formula is C22H22BrFN6O2. The van der Waals surface area contributed by atoms with Crippen LogP contribution in [0.2, 0.25) is 0 Å². The van der Waals surface area contributed by atoms with E-state index in [9.17, 15) is 4.39 Å². The second kappa shape index (κ2) is 9.07. The monoisotopic (exact) mass is 500 g/mol. The topological polar surface area (TPSA) is 105 Å². The summed E-state index contributed by atoms with van der Waals surface area (Å²) in [6.07, 6.45) is 4.13. The smallest absolute Gasteiger partial charge is 0.258 e. The maximum atomic E-state index is 14.2. The molecule has 0 radical (unpaired) electrons. The molecule has 0 bridgehead atoms. The fourth-order valence-corrected chi connectivity index (χ4v) is 3.71. The highest BCUT2D eigenvalue weighted by Crippen LogP contribution is 2.34. The van der Waals surface area contributed by atoms with Crippen LogP contribution in [0.5, 0.6) is 5.88 Å². The lowest BCUT2D eigenvalue weighted by Crippen LogP contribution is -2.09. The standard InChI is InChI=1S/C22H22BrFN6O2/c1-4-15-9-16(32-29-15)7-13-11-30(3)28-20(13)17-6-5-14(24)8-18(17)12(2)31-22-21(25)26-10-19(23)27-22/h5-6,8-12H,4,7H2,1-3H3,(H2,25,26). The molecule has 32 heavy (non-hydrogen) atoms. The minimum absolute atomic E-state index is 0.147. The number of hydrogen-bond donors (Lipinski definition) is 1. The zero-order chi connectivity index (χ0) is 22.8. The van der Waals surface area contributed by atoms with Gasteiger partial charge in [0, 0.05) is 42.4 Å². The number of nitrogens with two attached hydrogens (primary N) is 1. The summed E-state index contributed by atoms with van der Waals surface area (Å²) in [5.74, 6) is 0.666. The Morgan fingerprint density at radius 1 is 1.31 bits per heavy atom. The van der Waals surface area contributed by atoms with Gasteiger partial charge in [-0.15, -0.1) is 0 Å². The van der Waals surface area contributed by atoms with Gasteiger partial charge < -0.3 is 15.0 Å². The van der Waals surface area contributed by atoms with E-state index >= 15 is 0 Å². The normalized spacial score (nSPS) is 12.2. The van der Waals surface area contributed by atoms with Crippen molar-refractivity contribution in [1.82, 2.24) is 24.9 Å². The molecule has 0 spiro atoms. The minimum atomic E-state index is -0.571. The van der Waals surface area contributed by atoms with Crippen LogP contribution in [0.25, 0.3) is 11.3 Å². The van der Waals surface area contributed by atoms with Gasteiger partial charge in [-0.25, -0.2) is 14.4 Å². The third-order valence-electron chi connectivity index (χ3n) is 4.97. The van der Waals surface area contributed by atoms with Crippen molar-refractivity contribution in [2.45, 2.75) is 32.8 Å². The molecule has 10 heteroatoms. The number of hydrogen-bond acceptors (Lipinski definition) is 7. The number of nitrogen functional groups attached to an aromatic ring is 1. The Morgan fingerprint density at radius 2 is 2.12 bits per heavy atom. The highest BCUT2D eigenvalue weighted by atomic mass is 79.9. The van der Waals surface area contributed by atoms with E-state index in [2.05, 4.69) is 36.2 Å². The van der Waals surface area contributed by atoms with E-state index in [0.29, 0.717) is 22.3 Å². The Labute approximate surface area is 192 Å². The molecule has 0 aliphatic heterocycles. The van der Waals surface area contributed by atoms with Gasteiger partial charge in [0.05, 0.1) is 17.6 Å². The van der Waals surface area contributed by atoms with E-state index in [1.807, 2.05) is 26.2 Å². The molecule has 1 aromatic carbocycles. The Morgan fingerprint density at radius 3 is 2.88 bits per heavy atom. The highest BCUT2D eigenvalue weighted by molar-refractivity contribution is 9.10. The molecule has 1 atom stereocenters. The predicted octanol–water partition coefficient (Wildman–Crippen LogP) is 4.64. The van der Waals surface area contributed by atoms with Gasteiger partial charge in [0.1, 0.15) is 22.3 Å². The van der Waals surface area contributed by atoms with Gasteiger partial charge in [-0.2, -0.15) is 5.10 Å². The average Bonchev–Trinajstić information content (AvgIpc) is 3.36. The summed E-state index contributed by atoms with van der Waals surface area (Å²) in [4.78, 5) is 8.26. The van der Waals surface area contributed by atoms with E-state index in [0.717, 1.165) is 29.0 Å². The van der Waals surface area contributed by atoms with Crippen molar-refractivity contribution in [3.63, 3.8) is 0 Å². The molecule has 0 saturated heterocycles. The maximum Gasteiger partial charge on any atom is 0.258 e. The molecule has 3 aromatic heterocycles. The molecule has 1 unspecified atom stereocenters. The molecule has 0 aliphatic rings. The van der Waals surface area contributed by atoms with Gasteiger partial charge in [0.2, 0.25) is 0 Å². The number of aryl methyl sites for hydroxylation is 2. The molecule has 0 saturated carbocycles. The van der Waals surface area contributed by atoms with Gasteiger partial charge in [0.15, 0.2) is 5.82 Å². The fraction of sp³-hybridized carbons (Fsp3) is 0.273. The zero-order valence-corrected chi connectivity index (χ0v) is 19.4. The van der Waals surface area contributed by atoms with Crippen LogP contribution in [0, 0.1) is 5.82 Å². The van der Waals surface area contributed by atoms with Crippen molar-refractivity contribution in [3.8, 4) is 17.1 Å². The quantitative estimate of drug-likeness (QED) is 0.393. The number of anilines is 1. The zero-order valence-electron chi connectivity index (χ0n) is 17.8. The van der Waals surface area contributed by atoms with Crippen LogP contribution in [0.15, 0.2) is 45.8 Å². The molecule has 0 amide bonds. The third kappa shape index (κ3) is 4.64. The SMILES string of the molecule is CCc1cc(Cc2cn(C)nc2-c2ccc(F)cc2C(C)Oc2nc(Br)cnc2N)on1. The molecule has 2 N–H and O–H groups in total. The maximum absolute atomic E-state index is 14.2. The van der Waals surface area contributed by atoms with Crippen LogP contribution >= 0.6 is 15.9 Å². The number of halogens is 2. The van der Waals surface area contributed by atoms with Crippen LogP contribution in [0.4, 0.5) is 10.2 Å². The second-order valence-corrected chi connectivity index (χ2v) is 8.18. The Bertz CT molecular complexity index is 1260. The third-order valence-corrected chi connectivity index (χ3v) is 5.35. The molecule has 4 aromatic rings. The highest BCUT2D eigenvalue weighted by Gasteiger charge is 2.22. The van der Waals surface area contributed by atoms with Crippen LogP contribution in [-0.2, 0) is 19.9 Å². The molecule has 0 aliphatic carbocycles. The van der Waals surface area contributed by atoms with Crippen molar-refractivity contribution in [3.05, 3.63) is 69.7 Å². The van der Waals surface area contributed by atoms with Crippen molar-refractivity contribution >= 4 is 21.7 Å². The van der Waals surface area contributed by atoms with Gasteiger partial charge in [-0.1, -0.05) is 12.1 Å². The number of nitrogens with zero attached hydrogens (tertiary/aromatic N) is 5. The van der Waals surface area contributed by atoms with Crippen molar-refractivity contribution in [2.75, 3.05) is 5.73 Å². The average molecular weight is 501 g/mol. The van der Waals surface area contributed by atoms with Crippen LogP contribution in [0.1, 0.15) is 42.5 Å². The first-order valence-corrected chi connectivity index (χ1v) is 10.8. The van der Waals surface area contributed by atoms with Gasteiger partial charge in [-0.05, 0) is 47.5 Å². The lowest BCUT2D eigenvalue weighted by atomic mass is 9.97. The Kier molecular flexibility index (Phi) is 6.22. The van der Waals surface area contributed by atoms with E-state index < -0.39 is 6.10 Å². The van der Waals surface area contributed by atoms with E-state index in [4.69, 9.17) is 15.0 Å². The summed E-state index contributed by atoms with van der Waals surface area (Å²) in [5, 5.41) is 8.69. The van der Waals surface area contributed by atoms with Crippen molar-refractivity contribution < 1.29 is 13.7 Å². The number of ether oxygens (including phenoxy) is 1.